The molecule has 0 amide bonds. The van der Waals surface area contributed by atoms with E-state index in [-0.39, 0.29) is 0 Å². The van der Waals surface area contributed by atoms with Crippen LogP contribution in [0.5, 0.6) is 5.75 Å². The molecular weight excluding hydrogens is 368 g/mol. The highest BCUT2D eigenvalue weighted by atomic mass is 16.5. The summed E-state index contributed by atoms with van der Waals surface area (Å²) < 4.78 is 8.26. The lowest BCUT2D eigenvalue weighted by Gasteiger charge is -2.10. The molecule has 0 spiro atoms. The van der Waals surface area contributed by atoms with Gasteiger partial charge in [0.2, 0.25) is 0 Å². The molecule has 0 saturated carbocycles. The van der Waals surface area contributed by atoms with Gasteiger partial charge in [0.05, 0.1) is 17.6 Å². The van der Waals surface area contributed by atoms with Crippen LogP contribution in [0.25, 0.3) is 23.2 Å². The third-order valence-corrected chi connectivity index (χ3v) is 5.43. The fourth-order valence-corrected chi connectivity index (χ4v) is 3.56. The number of hydrogen-bond donors (Lipinski definition) is 0. The van der Waals surface area contributed by atoms with Gasteiger partial charge in [0.1, 0.15) is 11.6 Å². The topological polar surface area (TPSA) is 27.1 Å². The minimum atomic E-state index is 0.727. The molecule has 30 heavy (non-hydrogen) atoms. The van der Waals surface area contributed by atoms with Crippen LogP contribution in [0.3, 0.4) is 0 Å². The lowest BCUT2D eigenvalue weighted by molar-refractivity contribution is 0.303. The molecule has 3 aromatic carbocycles. The van der Waals surface area contributed by atoms with Crippen molar-refractivity contribution in [1.29, 1.82) is 0 Å². The van der Waals surface area contributed by atoms with Crippen molar-refractivity contribution >= 4 is 23.2 Å². The minimum absolute atomic E-state index is 0.727. The van der Waals surface area contributed by atoms with E-state index in [9.17, 15) is 0 Å². The molecule has 0 bridgehead atoms. The number of hydrogen-bond acceptors (Lipinski definition) is 2. The van der Waals surface area contributed by atoms with E-state index < -0.39 is 0 Å². The Hall–Kier alpha value is -3.33. The number of nitrogens with zero attached hydrogens (tertiary/aromatic N) is 2. The fraction of sp³-hybridized carbons (Fsp3) is 0.222. The van der Waals surface area contributed by atoms with Gasteiger partial charge in [0, 0.05) is 6.54 Å². The van der Waals surface area contributed by atoms with Gasteiger partial charge in [-0.15, -0.1) is 0 Å². The molecule has 0 unspecified atom stereocenters. The van der Waals surface area contributed by atoms with Gasteiger partial charge in [-0.1, -0.05) is 54.6 Å². The molecule has 0 radical (unpaired) electrons. The van der Waals surface area contributed by atoms with Crippen molar-refractivity contribution in [2.24, 2.45) is 0 Å². The zero-order chi connectivity index (χ0) is 20.8. The number of aryl methyl sites for hydroxylation is 3. The maximum Gasteiger partial charge on any atom is 0.133 e. The summed E-state index contributed by atoms with van der Waals surface area (Å²) in [6.07, 6.45) is 6.28. The van der Waals surface area contributed by atoms with E-state index in [2.05, 4.69) is 91.2 Å². The van der Waals surface area contributed by atoms with Crippen LogP contribution in [0.15, 0.2) is 72.8 Å². The third-order valence-electron chi connectivity index (χ3n) is 5.43. The fourth-order valence-electron chi connectivity index (χ4n) is 3.56. The number of imidazole rings is 1. The lowest BCUT2D eigenvalue weighted by atomic mass is 10.1. The van der Waals surface area contributed by atoms with Crippen LogP contribution < -0.4 is 4.74 Å². The molecule has 4 rings (SSSR count). The third kappa shape index (κ3) is 4.80. The van der Waals surface area contributed by atoms with Crippen molar-refractivity contribution in [3.8, 4) is 5.75 Å². The van der Waals surface area contributed by atoms with Crippen LogP contribution in [0.4, 0.5) is 0 Å². The summed E-state index contributed by atoms with van der Waals surface area (Å²) in [5, 5.41) is 0. The molecule has 1 heterocycles. The number of fused-ring (bicyclic) bond motifs is 1. The van der Waals surface area contributed by atoms with E-state index in [1.165, 1.54) is 22.2 Å². The predicted octanol–water partition coefficient (Wildman–Crippen LogP) is 6.68. The standard InChI is InChI=1S/C27H28N2O/c1-21-14-16-24(20-22(21)2)30-19-9-8-18-29-26-13-7-6-12-25(26)28-27(29)17-15-23-10-4-3-5-11-23/h3-7,10-17,20H,8-9,18-19H2,1-2H3/b17-15+. The molecule has 0 saturated heterocycles. The quantitative estimate of drug-likeness (QED) is 0.311. The smallest absolute Gasteiger partial charge is 0.133 e. The molecule has 0 atom stereocenters. The maximum atomic E-state index is 5.95. The van der Waals surface area contributed by atoms with E-state index in [1.54, 1.807) is 0 Å². The highest BCUT2D eigenvalue weighted by Gasteiger charge is 2.08. The molecule has 3 heteroatoms. The van der Waals surface area contributed by atoms with Gasteiger partial charge in [-0.2, -0.15) is 0 Å². The van der Waals surface area contributed by atoms with Crippen LogP contribution in [-0.2, 0) is 6.54 Å². The first-order chi connectivity index (χ1) is 14.7. The maximum absolute atomic E-state index is 5.95. The molecule has 0 fully saturated rings. The largest absolute Gasteiger partial charge is 0.494 e. The zero-order valence-corrected chi connectivity index (χ0v) is 17.7. The highest BCUT2D eigenvalue weighted by molar-refractivity contribution is 5.79. The first-order valence-corrected chi connectivity index (χ1v) is 10.6. The first kappa shape index (κ1) is 20.0. The van der Waals surface area contributed by atoms with Crippen LogP contribution >= 0.6 is 0 Å². The number of aromatic nitrogens is 2. The Morgan fingerprint density at radius 3 is 2.47 bits per heavy atom. The Balaban J connectivity index is 1.41. The second-order valence-electron chi connectivity index (χ2n) is 7.66. The van der Waals surface area contributed by atoms with Crippen LogP contribution in [-0.4, -0.2) is 16.2 Å². The van der Waals surface area contributed by atoms with E-state index >= 15 is 0 Å². The lowest BCUT2D eigenvalue weighted by Crippen LogP contribution is -2.04. The molecule has 4 aromatic rings. The Bertz CT molecular complexity index is 1140. The highest BCUT2D eigenvalue weighted by Crippen LogP contribution is 2.20. The average Bonchev–Trinajstić information content (AvgIpc) is 3.13. The van der Waals surface area contributed by atoms with Crippen molar-refractivity contribution in [1.82, 2.24) is 9.55 Å². The molecular formula is C27H28N2O. The second kappa shape index (κ2) is 9.45. The van der Waals surface area contributed by atoms with Crippen molar-refractivity contribution in [3.05, 3.63) is 95.3 Å². The Kier molecular flexibility index (Phi) is 6.29. The van der Waals surface area contributed by atoms with Crippen molar-refractivity contribution in [2.75, 3.05) is 6.61 Å². The predicted molar refractivity (Wildman–Crippen MR) is 126 cm³/mol. The van der Waals surface area contributed by atoms with Gasteiger partial charge < -0.3 is 9.30 Å². The molecule has 0 aliphatic rings. The Morgan fingerprint density at radius 2 is 1.63 bits per heavy atom. The van der Waals surface area contributed by atoms with Gasteiger partial charge in [-0.3, -0.25) is 0 Å². The SMILES string of the molecule is Cc1ccc(OCCCCn2c(/C=C/c3ccccc3)nc3ccccc32)cc1C. The first-order valence-electron chi connectivity index (χ1n) is 10.6. The van der Waals surface area contributed by atoms with Crippen molar-refractivity contribution in [2.45, 2.75) is 33.2 Å². The Morgan fingerprint density at radius 1 is 0.833 bits per heavy atom. The second-order valence-corrected chi connectivity index (χ2v) is 7.66. The monoisotopic (exact) mass is 396 g/mol. The number of para-hydroxylation sites is 2. The Labute approximate surface area is 178 Å². The molecule has 1 aromatic heterocycles. The van der Waals surface area contributed by atoms with Crippen molar-refractivity contribution < 1.29 is 4.74 Å². The molecule has 3 nitrogen and oxygen atoms in total. The summed E-state index contributed by atoms with van der Waals surface area (Å²) >= 11 is 0. The van der Waals surface area contributed by atoms with Crippen molar-refractivity contribution in [3.63, 3.8) is 0 Å². The minimum Gasteiger partial charge on any atom is -0.494 e. The summed E-state index contributed by atoms with van der Waals surface area (Å²) in [6.45, 7) is 5.89. The number of ether oxygens (including phenoxy) is 1. The van der Waals surface area contributed by atoms with Gasteiger partial charge >= 0.3 is 0 Å². The average molecular weight is 397 g/mol. The van der Waals surface area contributed by atoms with Crippen LogP contribution in [0.1, 0.15) is 35.4 Å². The van der Waals surface area contributed by atoms with Gasteiger partial charge in [0.15, 0.2) is 0 Å². The summed E-state index contributed by atoms with van der Waals surface area (Å²) in [5.41, 5.74) is 5.97. The zero-order valence-electron chi connectivity index (χ0n) is 17.7. The summed E-state index contributed by atoms with van der Waals surface area (Å²) in [4.78, 5) is 4.84. The van der Waals surface area contributed by atoms with Gasteiger partial charge in [-0.05, 0) is 73.7 Å². The molecule has 152 valence electrons. The van der Waals surface area contributed by atoms with Gasteiger partial charge in [-0.25, -0.2) is 4.98 Å². The van der Waals surface area contributed by atoms with E-state index in [0.717, 1.165) is 43.1 Å². The molecule has 0 N–H and O–H groups in total. The number of unbranched alkanes of at least 4 members (excludes halogenated alkanes) is 1. The van der Waals surface area contributed by atoms with Gasteiger partial charge in [0.25, 0.3) is 0 Å². The normalized spacial score (nSPS) is 11.4. The summed E-state index contributed by atoms with van der Waals surface area (Å²) in [6, 6.07) is 25.0. The number of rotatable bonds is 8. The van der Waals surface area contributed by atoms with E-state index in [0.29, 0.717) is 0 Å². The van der Waals surface area contributed by atoms with Crippen LogP contribution in [0.2, 0.25) is 0 Å². The van der Waals surface area contributed by atoms with E-state index in [1.807, 2.05) is 12.1 Å². The molecule has 0 aliphatic heterocycles. The summed E-state index contributed by atoms with van der Waals surface area (Å²) in [7, 11) is 0. The number of benzene rings is 3. The van der Waals surface area contributed by atoms with E-state index in [4.69, 9.17) is 9.72 Å². The molecule has 0 aliphatic carbocycles. The van der Waals surface area contributed by atoms with Crippen LogP contribution in [0, 0.1) is 13.8 Å². The summed E-state index contributed by atoms with van der Waals surface area (Å²) in [5.74, 6) is 1.95.